The summed E-state index contributed by atoms with van der Waals surface area (Å²) in [5.41, 5.74) is 0. The Bertz CT molecular complexity index is 479. The highest BCUT2D eigenvalue weighted by molar-refractivity contribution is 7.92. The quantitative estimate of drug-likeness (QED) is 0.635. The summed E-state index contributed by atoms with van der Waals surface area (Å²) < 4.78 is 23.4. The minimum atomic E-state index is -2.99. The Morgan fingerprint density at radius 3 is 2.57 bits per heavy atom. The Labute approximate surface area is 129 Å². The molecule has 0 aromatic heterocycles. The Kier molecular flexibility index (Phi) is 5.17. The molecule has 2 rings (SSSR count). The lowest BCUT2D eigenvalue weighted by atomic mass is 10.0. The summed E-state index contributed by atoms with van der Waals surface area (Å²) in [7, 11) is -1.22. The van der Waals surface area contributed by atoms with E-state index >= 15 is 0 Å². The van der Waals surface area contributed by atoms with Gasteiger partial charge in [-0.3, -0.25) is 4.99 Å². The van der Waals surface area contributed by atoms with Gasteiger partial charge in [0.1, 0.15) is 0 Å². The Morgan fingerprint density at radius 1 is 1.33 bits per heavy atom. The van der Waals surface area contributed by atoms with Crippen LogP contribution in [0.2, 0.25) is 0 Å². The van der Waals surface area contributed by atoms with Gasteiger partial charge in [-0.2, -0.15) is 0 Å². The van der Waals surface area contributed by atoms with Crippen LogP contribution < -0.4 is 5.32 Å². The SMILES string of the molecule is CN=C(NCCC1CCCC1)N1CCS(=O)(=O)C(C)(C)C1. The van der Waals surface area contributed by atoms with Gasteiger partial charge in [0.25, 0.3) is 0 Å². The first-order chi connectivity index (χ1) is 9.86. The number of nitrogens with one attached hydrogen (secondary N) is 1. The van der Waals surface area contributed by atoms with E-state index in [9.17, 15) is 8.42 Å². The molecule has 2 aliphatic rings. The molecule has 0 radical (unpaired) electrons. The van der Waals surface area contributed by atoms with E-state index in [1.54, 1.807) is 20.9 Å². The highest BCUT2D eigenvalue weighted by atomic mass is 32.2. The van der Waals surface area contributed by atoms with Crippen LogP contribution in [-0.2, 0) is 9.84 Å². The average Bonchev–Trinajstić information content (AvgIpc) is 2.91. The summed E-state index contributed by atoms with van der Waals surface area (Å²) in [6.07, 6.45) is 6.65. The van der Waals surface area contributed by atoms with Gasteiger partial charge in [-0.15, -0.1) is 0 Å². The van der Waals surface area contributed by atoms with E-state index in [2.05, 4.69) is 15.2 Å². The molecule has 0 spiro atoms. The first kappa shape index (κ1) is 16.6. The molecule has 1 saturated heterocycles. The van der Waals surface area contributed by atoms with Crippen LogP contribution >= 0.6 is 0 Å². The zero-order valence-electron chi connectivity index (χ0n) is 13.6. The molecule has 21 heavy (non-hydrogen) atoms. The van der Waals surface area contributed by atoms with Crippen molar-refractivity contribution in [3.8, 4) is 0 Å². The molecule has 0 amide bonds. The molecular formula is C15H29N3O2S. The van der Waals surface area contributed by atoms with Gasteiger partial charge < -0.3 is 10.2 Å². The number of aliphatic imine (C=N–C) groups is 1. The van der Waals surface area contributed by atoms with Crippen LogP contribution in [0.25, 0.3) is 0 Å². The number of rotatable bonds is 3. The van der Waals surface area contributed by atoms with E-state index in [1.165, 1.54) is 32.1 Å². The van der Waals surface area contributed by atoms with Gasteiger partial charge in [-0.25, -0.2) is 8.42 Å². The lowest BCUT2D eigenvalue weighted by Gasteiger charge is -2.39. The van der Waals surface area contributed by atoms with E-state index in [0.717, 1.165) is 18.4 Å². The summed E-state index contributed by atoms with van der Waals surface area (Å²) in [4.78, 5) is 6.40. The molecule has 1 N–H and O–H groups in total. The maximum Gasteiger partial charge on any atom is 0.193 e. The van der Waals surface area contributed by atoms with Gasteiger partial charge in [0.15, 0.2) is 15.8 Å². The highest BCUT2D eigenvalue weighted by Gasteiger charge is 2.40. The maximum atomic E-state index is 12.1. The number of nitrogens with zero attached hydrogens (tertiary/aromatic N) is 2. The molecule has 1 saturated carbocycles. The largest absolute Gasteiger partial charge is 0.356 e. The van der Waals surface area contributed by atoms with Crippen LogP contribution in [0.15, 0.2) is 4.99 Å². The number of hydrogen-bond donors (Lipinski definition) is 1. The van der Waals surface area contributed by atoms with Crippen molar-refractivity contribution >= 4 is 15.8 Å². The second kappa shape index (κ2) is 6.55. The van der Waals surface area contributed by atoms with Crippen LogP contribution in [-0.4, -0.2) is 56.5 Å². The Morgan fingerprint density at radius 2 is 2.00 bits per heavy atom. The zero-order chi connectivity index (χ0) is 15.5. The topological polar surface area (TPSA) is 61.8 Å². The molecule has 2 fully saturated rings. The fourth-order valence-corrected chi connectivity index (χ4v) is 4.71. The van der Waals surface area contributed by atoms with Crippen LogP contribution in [0.5, 0.6) is 0 Å². The molecule has 0 unspecified atom stereocenters. The van der Waals surface area contributed by atoms with Crippen LogP contribution in [0, 0.1) is 5.92 Å². The lowest BCUT2D eigenvalue weighted by Crippen LogP contribution is -2.57. The summed E-state index contributed by atoms with van der Waals surface area (Å²) in [6, 6.07) is 0. The Balaban J connectivity index is 1.87. The number of guanidine groups is 1. The minimum Gasteiger partial charge on any atom is -0.356 e. The van der Waals surface area contributed by atoms with Gasteiger partial charge in [-0.1, -0.05) is 25.7 Å². The average molecular weight is 315 g/mol. The molecule has 1 aliphatic heterocycles. The molecule has 0 aromatic rings. The van der Waals surface area contributed by atoms with Crippen molar-refractivity contribution in [1.29, 1.82) is 0 Å². The van der Waals surface area contributed by atoms with Crippen LogP contribution in [0.1, 0.15) is 46.0 Å². The van der Waals surface area contributed by atoms with Crippen molar-refractivity contribution in [2.75, 3.05) is 32.4 Å². The first-order valence-electron chi connectivity index (χ1n) is 8.03. The van der Waals surface area contributed by atoms with E-state index in [4.69, 9.17) is 0 Å². The van der Waals surface area contributed by atoms with Gasteiger partial charge in [0, 0.05) is 26.7 Å². The Hall–Kier alpha value is -0.780. The standard InChI is InChI=1S/C15H29N3O2S/c1-15(2)12-18(10-11-21(15,19)20)14(16-3)17-9-8-13-6-4-5-7-13/h13H,4-12H2,1-3H3,(H,16,17). The zero-order valence-corrected chi connectivity index (χ0v) is 14.4. The summed E-state index contributed by atoms with van der Waals surface area (Å²) in [6.45, 7) is 5.59. The molecule has 1 aliphatic carbocycles. The van der Waals surface area contributed by atoms with E-state index in [0.29, 0.717) is 13.1 Å². The van der Waals surface area contributed by atoms with Gasteiger partial charge in [0.2, 0.25) is 0 Å². The fourth-order valence-electron chi connectivity index (χ4n) is 3.34. The van der Waals surface area contributed by atoms with Gasteiger partial charge in [0.05, 0.1) is 10.5 Å². The maximum absolute atomic E-state index is 12.1. The smallest absolute Gasteiger partial charge is 0.193 e. The molecule has 0 atom stereocenters. The number of sulfone groups is 1. The predicted molar refractivity (Wildman–Crippen MR) is 87.4 cm³/mol. The van der Waals surface area contributed by atoms with E-state index in [-0.39, 0.29) is 5.75 Å². The van der Waals surface area contributed by atoms with E-state index in [1.807, 2.05) is 0 Å². The highest BCUT2D eigenvalue weighted by Crippen LogP contribution is 2.27. The third kappa shape index (κ3) is 3.90. The summed E-state index contributed by atoms with van der Waals surface area (Å²) in [5.74, 6) is 1.91. The van der Waals surface area contributed by atoms with Crippen LogP contribution in [0.3, 0.4) is 0 Å². The molecule has 1 heterocycles. The fraction of sp³-hybridized carbons (Fsp3) is 0.933. The summed E-state index contributed by atoms with van der Waals surface area (Å²) in [5, 5.41) is 3.41. The molecule has 5 nitrogen and oxygen atoms in total. The van der Waals surface area contributed by atoms with Crippen molar-refractivity contribution in [3.63, 3.8) is 0 Å². The van der Waals surface area contributed by atoms with Crippen LogP contribution in [0.4, 0.5) is 0 Å². The van der Waals surface area contributed by atoms with Gasteiger partial charge >= 0.3 is 0 Å². The van der Waals surface area contributed by atoms with Crippen molar-refractivity contribution in [3.05, 3.63) is 0 Å². The van der Waals surface area contributed by atoms with Crippen molar-refractivity contribution in [2.45, 2.75) is 50.7 Å². The summed E-state index contributed by atoms with van der Waals surface area (Å²) >= 11 is 0. The molecule has 6 heteroatoms. The second-order valence-corrected chi connectivity index (χ2v) is 9.66. The molecule has 0 bridgehead atoms. The predicted octanol–water partition coefficient (Wildman–Crippen LogP) is 1.65. The minimum absolute atomic E-state index is 0.212. The van der Waals surface area contributed by atoms with Gasteiger partial charge in [-0.05, 0) is 26.2 Å². The van der Waals surface area contributed by atoms with Crippen molar-refractivity contribution in [1.82, 2.24) is 10.2 Å². The first-order valence-corrected chi connectivity index (χ1v) is 9.69. The van der Waals surface area contributed by atoms with Crippen molar-refractivity contribution < 1.29 is 8.42 Å². The van der Waals surface area contributed by atoms with Crippen molar-refractivity contribution in [2.24, 2.45) is 10.9 Å². The second-order valence-electron chi connectivity index (χ2n) is 6.91. The monoisotopic (exact) mass is 315 g/mol. The molecular weight excluding hydrogens is 286 g/mol. The number of hydrogen-bond acceptors (Lipinski definition) is 3. The van der Waals surface area contributed by atoms with E-state index < -0.39 is 14.6 Å². The third-order valence-electron chi connectivity index (χ3n) is 4.87. The normalized spacial score (nSPS) is 26.0. The third-order valence-corrected chi connectivity index (χ3v) is 7.40. The lowest BCUT2D eigenvalue weighted by molar-refractivity contribution is 0.351. The molecule has 0 aromatic carbocycles. The molecule has 122 valence electrons.